The minimum Gasteiger partial charge on any atom is -0.438 e. The summed E-state index contributed by atoms with van der Waals surface area (Å²) < 4.78 is 21.3. The molecule has 0 radical (unpaired) electrons. The van der Waals surface area contributed by atoms with E-state index in [1.165, 1.54) is 7.11 Å². The summed E-state index contributed by atoms with van der Waals surface area (Å²) in [6.07, 6.45) is -1.91. The van der Waals surface area contributed by atoms with E-state index in [0.29, 0.717) is 0 Å². The lowest BCUT2D eigenvalue weighted by atomic mass is 9.99. The number of carbonyl (C=O) groups is 1. The van der Waals surface area contributed by atoms with Gasteiger partial charge in [0, 0.05) is 0 Å². The third kappa shape index (κ3) is 3.70. The molecule has 5 nitrogen and oxygen atoms in total. The van der Waals surface area contributed by atoms with Crippen LogP contribution in [0, 0.1) is 0 Å². The van der Waals surface area contributed by atoms with Gasteiger partial charge in [-0.25, -0.2) is 4.79 Å². The van der Waals surface area contributed by atoms with Gasteiger partial charge in [0.2, 0.25) is 0 Å². The van der Waals surface area contributed by atoms with Crippen LogP contribution in [0.2, 0.25) is 0 Å². The highest BCUT2D eigenvalue weighted by molar-refractivity contribution is 5.59. The molecule has 0 N–H and O–H groups in total. The van der Waals surface area contributed by atoms with Gasteiger partial charge in [-0.05, 0) is 11.1 Å². The number of carbonyl (C=O) groups excluding carboxylic acids is 1. The van der Waals surface area contributed by atoms with Crippen LogP contribution >= 0.6 is 0 Å². The van der Waals surface area contributed by atoms with Crippen LogP contribution in [0.3, 0.4) is 0 Å². The number of methoxy groups -OCH3 is 1. The number of benzene rings is 2. The zero-order valence-electron chi connectivity index (χ0n) is 12.8. The Kier molecular flexibility index (Phi) is 4.90. The summed E-state index contributed by atoms with van der Waals surface area (Å²) in [7, 11) is 1.26. The van der Waals surface area contributed by atoms with Crippen LogP contribution in [-0.2, 0) is 18.9 Å². The van der Waals surface area contributed by atoms with E-state index in [-0.39, 0.29) is 18.8 Å². The van der Waals surface area contributed by atoms with Crippen LogP contribution in [0.4, 0.5) is 4.79 Å². The Hall–Kier alpha value is -2.37. The van der Waals surface area contributed by atoms with E-state index in [4.69, 9.17) is 14.2 Å². The van der Waals surface area contributed by atoms with Crippen molar-refractivity contribution in [2.75, 3.05) is 13.7 Å². The van der Waals surface area contributed by atoms with Crippen molar-refractivity contribution in [3.63, 3.8) is 0 Å². The van der Waals surface area contributed by atoms with Crippen molar-refractivity contribution in [2.24, 2.45) is 0 Å². The molecule has 3 rings (SSSR count). The fourth-order valence-electron chi connectivity index (χ4n) is 2.57. The Labute approximate surface area is 134 Å². The predicted octanol–water partition coefficient (Wildman–Crippen LogP) is 3.62. The second-order valence-electron chi connectivity index (χ2n) is 5.13. The number of hydrogen-bond acceptors (Lipinski definition) is 5. The summed E-state index contributed by atoms with van der Waals surface area (Å²) in [6, 6.07) is 19.7. The molecule has 1 saturated heterocycles. The molecular formula is C18H18O5. The van der Waals surface area contributed by atoms with Gasteiger partial charge < -0.3 is 18.9 Å². The fourth-order valence-corrected chi connectivity index (χ4v) is 2.57. The van der Waals surface area contributed by atoms with Gasteiger partial charge in [0.05, 0.1) is 7.11 Å². The summed E-state index contributed by atoms with van der Waals surface area (Å²) >= 11 is 0. The van der Waals surface area contributed by atoms with Crippen molar-refractivity contribution in [3.8, 4) is 0 Å². The lowest BCUT2D eigenvalue weighted by molar-refractivity contribution is -0.104. The van der Waals surface area contributed by atoms with Crippen molar-refractivity contribution < 1.29 is 23.7 Å². The first-order valence-corrected chi connectivity index (χ1v) is 7.39. The van der Waals surface area contributed by atoms with E-state index >= 15 is 0 Å². The van der Waals surface area contributed by atoms with E-state index < -0.39 is 12.4 Å². The van der Waals surface area contributed by atoms with E-state index in [9.17, 15) is 4.79 Å². The standard InChI is InChI=1S/C18H18O5/c1-20-18(19)21-12-15-22-16(13-8-4-2-5-9-13)17(23-15)14-10-6-3-7-11-14/h2-11,15-17H,12H2,1H3. The highest BCUT2D eigenvalue weighted by atomic mass is 16.8. The molecule has 0 amide bonds. The molecule has 23 heavy (non-hydrogen) atoms. The zero-order valence-corrected chi connectivity index (χ0v) is 12.8. The van der Waals surface area contributed by atoms with Crippen molar-refractivity contribution in [3.05, 3.63) is 71.8 Å². The summed E-state index contributed by atoms with van der Waals surface area (Å²) in [6.45, 7) is -0.0145. The number of ether oxygens (including phenoxy) is 4. The van der Waals surface area contributed by atoms with E-state index in [0.717, 1.165) is 11.1 Å². The molecule has 2 unspecified atom stereocenters. The Bertz CT molecular complexity index is 581. The molecule has 120 valence electrons. The Morgan fingerprint density at radius 1 is 0.913 bits per heavy atom. The van der Waals surface area contributed by atoms with Gasteiger partial charge in [0.15, 0.2) is 6.29 Å². The molecule has 2 aromatic rings. The Balaban J connectivity index is 1.78. The molecule has 5 heteroatoms. The molecule has 0 bridgehead atoms. The lowest BCUT2D eigenvalue weighted by Crippen LogP contribution is -2.19. The molecule has 2 aromatic carbocycles. The maximum Gasteiger partial charge on any atom is 0.508 e. The van der Waals surface area contributed by atoms with E-state index in [1.54, 1.807) is 0 Å². The summed E-state index contributed by atoms with van der Waals surface area (Å²) in [4.78, 5) is 11.1. The Morgan fingerprint density at radius 3 is 1.83 bits per heavy atom. The molecule has 0 aliphatic carbocycles. The van der Waals surface area contributed by atoms with Gasteiger partial charge in [-0.2, -0.15) is 0 Å². The molecule has 1 heterocycles. The quantitative estimate of drug-likeness (QED) is 0.807. The van der Waals surface area contributed by atoms with Gasteiger partial charge in [-0.3, -0.25) is 0 Å². The topological polar surface area (TPSA) is 54.0 Å². The predicted molar refractivity (Wildman–Crippen MR) is 82.7 cm³/mol. The maximum absolute atomic E-state index is 11.1. The Morgan fingerprint density at radius 2 is 1.39 bits per heavy atom. The first-order valence-electron chi connectivity index (χ1n) is 7.39. The van der Waals surface area contributed by atoms with E-state index in [2.05, 4.69) is 4.74 Å². The largest absolute Gasteiger partial charge is 0.508 e. The highest BCUT2D eigenvalue weighted by Gasteiger charge is 2.38. The summed E-state index contributed by atoms with van der Waals surface area (Å²) in [5.74, 6) is 0. The van der Waals surface area contributed by atoms with Crippen LogP contribution in [0.15, 0.2) is 60.7 Å². The van der Waals surface area contributed by atoms with Crippen molar-refractivity contribution in [2.45, 2.75) is 18.5 Å². The van der Waals surface area contributed by atoms with Crippen molar-refractivity contribution >= 4 is 6.16 Å². The minimum absolute atomic E-state index is 0.0145. The smallest absolute Gasteiger partial charge is 0.438 e. The normalized spacial score (nSPS) is 23.4. The van der Waals surface area contributed by atoms with Crippen LogP contribution < -0.4 is 0 Å². The van der Waals surface area contributed by atoms with Gasteiger partial charge in [-0.15, -0.1) is 0 Å². The van der Waals surface area contributed by atoms with Crippen molar-refractivity contribution in [1.29, 1.82) is 0 Å². The molecule has 1 aliphatic heterocycles. The second kappa shape index (κ2) is 7.26. The van der Waals surface area contributed by atoms with Crippen LogP contribution in [0.5, 0.6) is 0 Å². The molecule has 1 fully saturated rings. The molecule has 1 aliphatic rings. The van der Waals surface area contributed by atoms with Crippen LogP contribution in [0.1, 0.15) is 23.3 Å². The average molecular weight is 314 g/mol. The zero-order chi connectivity index (χ0) is 16.1. The SMILES string of the molecule is COC(=O)OCC1OC(c2ccccc2)C(c2ccccc2)O1. The monoisotopic (exact) mass is 314 g/mol. The van der Waals surface area contributed by atoms with Crippen LogP contribution in [-0.4, -0.2) is 26.2 Å². The molecule has 0 aromatic heterocycles. The lowest BCUT2D eigenvalue weighted by Gasteiger charge is -2.17. The second-order valence-corrected chi connectivity index (χ2v) is 5.13. The minimum atomic E-state index is -0.753. The third-order valence-corrected chi connectivity index (χ3v) is 3.63. The first-order chi connectivity index (χ1) is 11.3. The van der Waals surface area contributed by atoms with E-state index in [1.807, 2.05) is 60.7 Å². The van der Waals surface area contributed by atoms with Gasteiger partial charge in [0.25, 0.3) is 0 Å². The van der Waals surface area contributed by atoms with Gasteiger partial charge in [0.1, 0.15) is 18.8 Å². The molecule has 0 spiro atoms. The number of hydrogen-bond donors (Lipinski definition) is 0. The molecule has 0 saturated carbocycles. The molecular weight excluding hydrogens is 296 g/mol. The van der Waals surface area contributed by atoms with Gasteiger partial charge in [-0.1, -0.05) is 60.7 Å². The molecule has 2 atom stereocenters. The van der Waals surface area contributed by atoms with Crippen LogP contribution in [0.25, 0.3) is 0 Å². The van der Waals surface area contributed by atoms with Gasteiger partial charge >= 0.3 is 6.16 Å². The number of rotatable bonds is 4. The highest BCUT2D eigenvalue weighted by Crippen LogP contribution is 2.42. The maximum atomic E-state index is 11.1. The van der Waals surface area contributed by atoms with Crippen molar-refractivity contribution in [1.82, 2.24) is 0 Å². The average Bonchev–Trinajstić information content (AvgIpc) is 3.05. The third-order valence-electron chi connectivity index (χ3n) is 3.63. The summed E-state index contributed by atoms with van der Waals surface area (Å²) in [5, 5.41) is 0. The first kappa shape index (κ1) is 15.5. The summed E-state index contributed by atoms with van der Waals surface area (Å²) in [5.41, 5.74) is 2.03. The fraction of sp³-hybridized carbons (Fsp3) is 0.278.